The summed E-state index contributed by atoms with van der Waals surface area (Å²) in [6.07, 6.45) is 11.1. The van der Waals surface area contributed by atoms with E-state index in [0.29, 0.717) is 38.5 Å². The number of likely N-dealkylation sites (tertiary alicyclic amines) is 1. The zero-order valence-corrected chi connectivity index (χ0v) is 55.3. The fourth-order valence-corrected chi connectivity index (χ4v) is 12.2. The molecule has 4 aromatic carbocycles. The monoisotopic (exact) mass is 1160 g/mol. The van der Waals surface area contributed by atoms with Crippen molar-refractivity contribution in [3.05, 3.63) is 178 Å². The van der Waals surface area contributed by atoms with Crippen molar-refractivity contribution in [3.8, 4) is 22.5 Å². The number of aromatic amines is 2. The molecule has 2 aliphatic rings. The Labute approximate surface area is 543 Å². The first kappa shape index (κ1) is 65.6. The van der Waals surface area contributed by atoms with E-state index in [0.717, 1.165) is 113 Å². The zero-order chi connectivity index (χ0) is 59.4. The van der Waals surface area contributed by atoms with Crippen molar-refractivity contribution in [1.29, 1.82) is 0 Å². The summed E-state index contributed by atoms with van der Waals surface area (Å²) in [5.74, 6) is 1.36. The molecule has 84 heavy (non-hydrogen) atoms. The number of nitrogens with zero attached hydrogens (tertiary/aromatic N) is 5. The van der Waals surface area contributed by atoms with Gasteiger partial charge in [0.25, 0.3) is 0 Å². The number of fused-ring (bicyclic) bond motifs is 2. The van der Waals surface area contributed by atoms with Gasteiger partial charge in [0.05, 0.1) is 10.8 Å². The van der Waals surface area contributed by atoms with Crippen LogP contribution >= 0.6 is 0 Å². The van der Waals surface area contributed by atoms with Crippen LogP contribution in [0.2, 0.25) is 0 Å². The minimum atomic E-state index is -0.659. The first-order valence-electron chi connectivity index (χ1n) is 30.2. The van der Waals surface area contributed by atoms with Crippen LogP contribution in [0.5, 0.6) is 0 Å². The Bertz CT molecular complexity index is 3450. The average Bonchev–Trinajstić information content (AvgIpc) is 2.04. The largest absolute Gasteiger partial charge is 1.00 e. The second-order valence-electron chi connectivity index (χ2n) is 23.6. The number of aromatic nitrogens is 4. The van der Waals surface area contributed by atoms with E-state index in [2.05, 4.69) is 142 Å². The van der Waals surface area contributed by atoms with Crippen molar-refractivity contribution in [1.82, 2.24) is 45.3 Å². The molecule has 2 atom stereocenters. The molecule has 10 rings (SSSR count). The molecule has 6 N–H and O–H groups in total. The third-order valence-electron chi connectivity index (χ3n) is 17.2. The minimum Gasteiger partial charge on any atom is -1.00 e. The molecule has 8 aromatic rings. The first-order valence-corrected chi connectivity index (χ1v) is 30.2. The van der Waals surface area contributed by atoms with Crippen LogP contribution in [0.25, 0.3) is 44.3 Å². The molecule has 2 saturated heterocycles. The Morgan fingerprint density at radius 1 is 0.631 bits per heavy atom. The molecule has 2 aliphatic heterocycles. The van der Waals surface area contributed by atoms with Gasteiger partial charge in [-0.1, -0.05) is 53.1 Å². The molecule has 0 radical (unpaired) electrons. The molecule has 13 nitrogen and oxygen atoms in total. The SMILES string of the molecule is CCN(CC)C(=O)C(C)(C)c1ccc2[nH]c(-c3cc(C)cc(C)c3)c(CCN)c2c1.CCN(CC)C(=O)C(C)(C)c1ccc2[nH]c(-c3cccc(C)c3)c(CCNC(=O)N3CCC(c4ccncc4)C3)c2c1.[H-].[K+].c1cc(C2CCNC2)ccn1. The summed E-state index contributed by atoms with van der Waals surface area (Å²) in [5.41, 5.74) is 22.1. The molecule has 6 heterocycles. The standard InChI is InChI=1S/C35H43N5O2.C26H35N3O.C9H12N2.K.H/c1-6-39(7-2)33(41)35(4,5)28-11-12-31-30(22-28)29(32(38-31)26-10-8-9-24(3)21-26)15-19-37-34(42)40-20-16-27(23-40)25-13-17-36-18-14-25;1-7-29(8-2)25(30)26(5,6)20-9-10-23-22(16-20)21(11-12-27)24(28-23)19-14-17(3)13-18(4)15-19;1-4-10-5-2-8(1)9-3-6-11-7-9;;/h8-14,17-18,21-22,27,38H,6-7,15-16,19-20,23H2,1-5H3,(H,37,42);9-10,13-16,28H,7-8,11-12,27H2,1-6H3;1-2,4-5,9,11H,3,6-7H2;;/q;;;+1;-1. The summed E-state index contributed by atoms with van der Waals surface area (Å²) in [7, 11) is 0. The fraction of sp³-hybridized carbons (Fsp3) is 0.414. The average molecular weight is 1160 g/mol. The van der Waals surface area contributed by atoms with Crippen molar-refractivity contribution >= 4 is 39.7 Å². The summed E-state index contributed by atoms with van der Waals surface area (Å²) in [6.45, 7) is 30.2. The number of nitrogens with one attached hydrogen (secondary N) is 4. The first-order chi connectivity index (χ1) is 39.9. The molecule has 0 aliphatic carbocycles. The van der Waals surface area contributed by atoms with Crippen LogP contribution in [-0.2, 0) is 33.3 Å². The number of carbonyl (C=O) groups is 3. The third kappa shape index (κ3) is 15.3. The molecule has 2 fully saturated rings. The Balaban J connectivity index is 0.000000233. The number of hydrogen-bond acceptors (Lipinski definition) is 7. The number of likely N-dealkylation sites (N-methyl/N-ethyl adjacent to an activating group) is 2. The van der Waals surface area contributed by atoms with Crippen molar-refractivity contribution in [3.63, 3.8) is 0 Å². The van der Waals surface area contributed by atoms with E-state index < -0.39 is 10.8 Å². The van der Waals surface area contributed by atoms with E-state index in [1.54, 1.807) is 0 Å². The molecular formula is C70H91KN10O3. The number of H-pyrrole nitrogens is 2. The van der Waals surface area contributed by atoms with Crippen LogP contribution in [0, 0.1) is 20.8 Å². The fourth-order valence-electron chi connectivity index (χ4n) is 12.2. The number of nitrogens with two attached hydrogens (primary N) is 1. The maximum absolute atomic E-state index is 13.5. The van der Waals surface area contributed by atoms with Crippen LogP contribution in [0.3, 0.4) is 0 Å². The van der Waals surface area contributed by atoms with E-state index in [4.69, 9.17) is 5.73 Å². The van der Waals surface area contributed by atoms with Gasteiger partial charge in [0.1, 0.15) is 0 Å². The summed E-state index contributed by atoms with van der Waals surface area (Å²) >= 11 is 0. The van der Waals surface area contributed by atoms with Gasteiger partial charge >= 0.3 is 57.4 Å². The molecule has 14 heteroatoms. The van der Waals surface area contributed by atoms with Gasteiger partial charge in [0.15, 0.2) is 0 Å². The zero-order valence-electron chi connectivity index (χ0n) is 53.2. The molecule has 0 spiro atoms. The van der Waals surface area contributed by atoms with Crippen LogP contribution in [-0.4, -0.2) is 118 Å². The van der Waals surface area contributed by atoms with E-state index in [-0.39, 0.29) is 70.7 Å². The van der Waals surface area contributed by atoms with E-state index >= 15 is 0 Å². The summed E-state index contributed by atoms with van der Waals surface area (Å²) < 4.78 is 0. The smallest absolute Gasteiger partial charge is 1.00 e. The normalized spacial score (nSPS) is 15.0. The van der Waals surface area contributed by atoms with Gasteiger partial charge in [-0.05, 0) is 232 Å². The number of benzene rings is 4. The molecule has 4 amide bonds. The van der Waals surface area contributed by atoms with Crippen molar-refractivity contribution in [2.45, 2.75) is 125 Å². The maximum atomic E-state index is 13.5. The van der Waals surface area contributed by atoms with Crippen molar-refractivity contribution in [2.75, 3.05) is 65.4 Å². The number of rotatable bonds is 17. The number of aryl methyl sites for hydroxylation is 3. The van der Waals surface area contributed by atoms with Gasteiger partial charge in [-0.25, -0.2) is 4.79 Å². The molecule has 0 bridgehead atoms. The molecule has 4 aromatic heterocycles. The van der Waals surface area contributed by atoms with Crippen molar-refractivity contribution < 1.29 is 67.2 Å². The predicted molar refractivity (Wildman–Crippen MR) is 342 cm³/mol. The number of hydrogen-bond donors (Lipinski definition) is 5. The maximum Gasteiger partial charge on any atom is 1.00 e. The van der Waals surface area contributed by atoms with Gasteiger partial charge in [-0.2, -0.15) is 0 Å². The van der Waals surface area contributed by atoms with Gasteiger partial charge in [-0.15, -0.1) is 0 Å². The molecular weight excluding hydrogens is 1070 g/mol. The summed E-state index contributed by atoms with van der Waals surface area (Å²) in [4.78, 5) is 60.9. The van der Waals surface area contributed by atoms with Crippen LogP contribution < -0.4 is 67.8 Å². The van der Waals surface area contributed by atoms with E-state index in [9.17, 15) is 14.4 Å². The predicted octanol–water partition coefficient (Wildman–Crippen LogP) is 9.80. The van der Waals surface area contributed by atoms with E-state index in [1.165, 1.54) is 45.4 Å². The van der Waals surface area contributed by atoms with Gasteiger partial charge in [-0.3, -0.25) is 19.6 Å². The number of urea groups is 1. The Hall–Kier alpha value is -5.97. The van der Waals surface area contributed by atoms with Crippen molar-refractivity contribution in [2.24, 2.45) is 5.73 Å². The number of amides is 4. The van der Waals surface area contributed by atoms with E-state index in [1.807, 2.05) is 107 Å². The summed E-state index contributed by atoms with van der Waals surface area (Å²) in [5, 5.41) is 8.79. The summed E-state index contributed by atoms with van der Waals surface area (Å²) in [6, 6.07) is 36.1. The van der Waals surface area contributed by atoms with Gasteiger partial charge in [0.2, 0.25) is 11.8 Å². The Kier molecular flexibility index (Phi) is 23.3. The van der Waals surface area contributed by atoms with Crippen LogP contribution in [0.1, 0.15) is 132 Å². The minimum absolute atomic E-state index is 0. The number of carbonyl (C=O) groups excluding carboxylic acids is 3. The Morgan fingerprint density at radius 3 is 1.62 bits per heavy atom. The second-order valence-corrected chi connectivity index (χ2v) is 23.6. The molecule has 440 valence electrons. The van der Waals surface area contributed by atoms with Gasteiger partial charge in [0, 0.05) is 116 Å². The molecule has 2 unspecified atom stereocenters. The Morgan fingerprint density at radius 2 is 1.13 bits per heavy atom. The molecule has 0 saturated carbocycles. The van der Waals surface area contributed by atoms with Crippen LogP contribution in [0.4, 0.5) is 4.79 Å². The second kappa shape index (κ2) is 29.9. The third-order valence-corrected chi connectivity index (χ3v) is 17.2. The number of pyridine rings is 2. The van der Waals surface area contributed by atoms with Crippen LogP contribution in [0.15, 0.2) is 128 Å². The quantitative estimate of drug-likeness (QED) is 0.0566. The van der Waals surface area contributed by atoms with Gasteiger partial charge < -0.3 is 42.5 Å². The topological polar surface area (TPSA) is 168 Å².